The molecule has 0 unspecified atom stereocenters. The first-order valence-electron chi connectivity index (χ1n) is 0.707. The molecule has 0 aliphatic carbocycles. The second-order valence-corrected chi connectivity index (χ2v) is 0. The van der Waals surface area contributed by atoms with Gasteiger partial charge in [0.15, 0.2) is 0 Å². The quantitative estimate of drug-likeness (QED) is 0.350. The first-order valence-corrected chi connectivity index (χ1v) is 0.707. The van der Waals surface area contributed by atoms with Crippen LogP contribution < -0.4 is 50.9 Å². The summed E-state index contributed by atoms with van der Waals surface area (Å²) in [7, 11) is 0. The molecule has 4 heteroatoms. The zero-order valence-electron chi connectivity index (χ0n) is 3.42. The van der Waals surface area contributed by atoms with Crippen molar-refractivity contribution in [2.24, 2.45) is 0 Å². The SMILES string of the molecule is [Br-].[Br-].[Br-].[CH2-]C.[La+3]. The van der Waals surface area contributed by atoms with Crippen molar-refractivity contribution in [1.29, 1.82) is 0 Å². The van der Waals surface area contributed by atoms with E-state index in [1.807, 2.05) is 0 Å². The number of halogens is 3. The summed E-state index contributed by atoms with van der Waals surface area (Å²) in [5, 5.41) is 0. The smallest absolute Gasteiger partial charge is 1.00 e. The maximum absolute atomic E-state index is 3.25. The average molecular weight is 408 g/mol. The Morgan fingerprint density at radius 1 is 0.833 bits per heavy atom. The molecule has 0 saturated carbocycles. The number of hydrogen-bond acceptors (Lipinski definition) is 0. The molecule has 0 aliphatic rings. The van der Waals surface area contributed by atoms with E-state index in [0.717, 1.165) is 0 Å². The largest absolute Gasteiger partial charge is 3.00 e. The summed E-state index contributed by atoms with van der Waals surface area (Å²) in [5.74, 6) is 0. The molecule has 0 aromatic heterocycles. The maximum atomic E-state index is 3.25. The Morgan fingerprint density at radius 3 is 0.833 bits per heavy atom. The predicted octanol–water partition coefficient (Wildman–Crippen LogP) is -8.15. The van der Waals surface area contributed by atoms with Crippen molar-refractivity contribution < 1.29 is 86.5 Å². The van der Waals surface area contributed by atoms with Gasteiger partial charge in [0.25, 0.3) is 0 Å². The molecule has 0 radical (unpaired) electrons. The van der Waals surface area contributed by atoms with Crippen molar-refractivity contribution >= 4 is 0 Å². The summed E-state index contributed by atoms with van der Waals surface area (Å²) in [4.78, 5) is 0. The van der Waals surface area contributed by atoms with Gasteiger partial charge in [-0.2, -0.15) is 6.92 Å². The second-order valence-electron chi connectivity index (χ2n) is 0. The molecule has 0 fully saturated rings. The second kappa shape index (κ2) is 48.4. The fourth-order valence-electron chi connectivity index (χ4n) is 0. The topological polar surface area (TPSA) is 0 Å². The zero-order chi connectivity index (χ0) is 2.00. The molecule has 38 valence electrons. The van der Waals surface area contributed by atoms with Gasteiger partial charge in [0.1, 0.15) is 0 Å². The molecule has 0 aliphatic heterocycles. The van der Waals surface area contributed by atoms with Crippen LogP contribution in [0.1, 0.15) is 6.92 Å². The standard InChI is InChI=1S/C2H5.3BrH.La/c1-2;;;;/h1H2,2H3;3*1H;/q-1;;;;+3/p-3. The third kappa shape index (κ3) is 30.3. The third-order valence-corrected chi connectivity index (χ3v) is 0. The Balaban J connectivity index is -0.000000000833. The van der Waals surface area contributed by atoms with Crippen LogP contribution in [0.25, 0.3) is 0 Å². The molecule has 0 heterocycles. The molecule has 0 aromatic carbocycles. The van der Waals surface area contributed by atoms with Gasteiger partial charge < -0.3 is 57.9 Å². The van der Waals surface area contributed by atoms with Crippen molar-refractivity contribution in [2.45, 2.75) is 6.92 Å². The number of hydrogen-bond donors (Lipinski definition) is 0. The minimum atomic E-state index is 0. The van der Waals surface area contributed by atoms with Crippen molar-refractivity contribution in [3.63, 3.8) is 0 Å². The molecule has 0 rings (SSSR count). The summed E-state index contributed by atoms with van der Waals surface area (Å²) in [6.07, 6.45) is 0. The van der Waals surface area contributed by atoms with E-state index in [-0.39, 0.29) is 86.5 Å². The molecule has 0 spiro atoms. The molecule has 0 atom stereocenters. The van der Waals surface area contributed by atoms with E-state index in [0.29, 0.717) is 0 Å². The molecule has 0 saturated heterocycles. The van der Waals surface area contributed by atoms with E-state index in [1.165, 1.54) is 0 Å². The van der Waals surface area contributed by atoms with Gasteiger partial charge in [0.05, 0.1) is 0 Å². The Hall–Kier alpha value is 2.63. The maximum Gasteiger partial charge on any atom is 3.00 e. The first kappa shape index (κ1) is 38.1. The molecule has 6 heavy (non-hydrogen) atoms. The summed E-state index contributed by atoms with van der Waals surface area (Å²) in [5.41, 5.74) is 0. The molecule has 0 nitrogen and oxygen atoms in total. The molecular weight excluding hydrogens is 403 g/mol. The normalized spacial score (nSPS) is 1.00. The summed E-state index contributed by atoms with van der Waals surface area (Å²) in [6, 6.07) is 0. The first-order chi connectivity index (χ1) is 1.00. The van der Waals surface area contributed by atoms with Gasteiger partial charge in [0, 0.05) is 0 Å². The van der Waals surface area contributed by atoms with E-state index < -0.39 is 0 Å². The third-order valence-electron chi connectivity index (χ3n) is 0. The van der Waals surface area contributed by atoms with E-state index in [2.05, 4.69) is 6.92 Å². The minimum absolute atomic E-state index is 0. The van der Waals surface area contributed by atoms with Gasteiger partial charge >= 0.3 is 35.6 Å². The average Bonchev–Trinajstić information content (AvgIpc) is 1.00. The minimum Gasteiger partial charge on any atom is -1.00 e. The van der Waals surface area contributed by atoms with Crippen molar-refractivity contribution in [1.82, 2.24) is 0 Å². The van der Waals surface area contributed by atoms with Crippen LogP contribution in [0.3, 0.4) is 0 Å². The fourth-order valence-corrected chi connectivity index (χ4v) is 0. The molecule has 0 N–H and O–H groups in total. The van der Waals surface area contributed by atoms with E-state index in [1.54, 1.807) is 6.92 Å². The van der Waals surface area contributed by atoms with Crippen molar-refractivity contribution in [3.8, 4) is 0 Å². The van der Waals surface area contributed by atoms with Crippen LogP contribution in [0.5, 0.6) is 0 Å². The van der Waals surface area contributed by atoms with E-state index in [9.17, 15) is 0 Å². The Kier molecular flexibility index (Phi) is 307. The van der Waals surface area contributed by atoms with Crippen molar-refractivity contribution in [3.05, 3.63) is 6.92 Å². The van der Waals surface area contributed by atoms with Gasteiger partial charge in [0.2, 0.25) is 0 Å². The summed E-state index contributed by atoms with van der Waals surface area (Å²) >= 11 is 0. The number of rotatable bonds is 0. The van der Waals surface area contributed by atoms with Crippen LogP contribution in [0.15, 0.2) is 0 Å². The van der Waals surface area contributed by atoms with E-state index >= 15 is 0 Å². The van der Waals surface area contributed by atoms with Gasteiger partial charge in [-0.05, 0) is 0 Å². The van der Waals surface area contributed by atoms with Gasteiger partial charge in [-0.25, -0.2) is 0 Å². The van der Waals surface area contributed by atoms with Crippen LogP contribution in [0.4, 0.5) is 0 Å². The summed E-state index contributed by atoms with van der Waals surface area (Å²) in [6.45, 7) is 5.00. The van der Waals surface area contributed by atoms with Gasteiger partial charge in [-0.15, -0.1) is 0 Å². The molecule has 0 bridgehead atoms. The molecule has 0 aromatic rings. The van der Waals surface area contributed by atoms with Crippen LogP contribution >= 0.6 is 0 Å². The molecule has 0 amide bonds. The Morgan fingerprint density at radius 2 is 0.833 bits per heavy atom. The van der Waals surface area contributed by atoms with Crippen molar-refractivity contribution in [2.75, 3.05) is 0 Å². The van der Waals surface area contributed by atoms with Crippen LogP contribution in [0.2, 0.25) is 0 Å². The Labute approximate surface area is 98.7 Å². The van der Waals surface area contributed by atoms with Crippen LogP contribution in [-0.4, -0.2) is 0 Å². The fraction of sp³-hybridized carbons (Fsp3) is 0.500. The predicted molar refractivity (Wildman–Crippen MR) is 11.0 cm³/mol. The summed E-state index contributed by atoms with van der Waals surface area (Å²) < 4.78 is 0. The molecular formula is C2H5Br3La-. The van der Waals surface area contributed by atoms with Crippen LogP contribution in [0, 0.1) is 42.5 Å². The van der Waals surface area contributed by atoms with Gasteiger partial charge in [-0.3, -0.25) is 0 Å². The zero-order valence-corrected chi connectivity index (χ0v) is 11.8. The van der Waals surface area contributed by atoms with Crippen LogP contribution in [-0.2, 0) is 0 Å². The Bertz CT molecular complexity index is 8.75. The van der Waals surface area contributed by atoms with Gasteiger partial charge in [-0.1, -0.05) is 0 Å². The van der Waals surface area contributed by atoms with E-state index in [4.69, 9.17) is 0 Å². The monoisotopic (exact) mass is 405 g/mol.